The summed E-state index contributed by atoms with van der Waals surface area (Å²) in [7, 11) is 1.39. The Morgan fingerprint density at radius 3 is 1.68 bits per heavy atom. The summed E-state index contributed by atoms with van der Waals surface area (Å²) in [6.07, 6.45) is 9.20. The topological polar surface area (TPSA) is 142 Å². The number of likely N-dealkylation sites (N-methyl/N-ethyl adjacent to an activating group) is 1. The molecular weight excluding hydrogens is 800 g/mol. The Morgan fingerprint density at radius 1 is 0.645 bits per heavy atom. The lowest BCUT2D eigenvalue weighted by Crippen LogP contribution is -2.44. The van der Waals surface area contributed by atoms with E-state index in [1.54, 1.807) is 35.4 Å². The van der Waals surface area contributed by atoms with Crippen molar-refractivity contribution in [1.82, 2.24) is 39.5 Å². The number of imidazole rings is 2. The SMILES string of the molecule is CN(C(=O)O)[C@@H](C(=O)N1CCC[C@H]1c1ncc(-c2ccc(-c3ccc(-c4cnc([C@@H]5CCCN5C(=O)[C@@H](c5ccccc5)N5CCCCC5)[nH]4)cc3)cc2)[nH]1)c1ccccc1Cl. The van der Waals surface area contributed by atoms with Gasteiger partial charge < -0.3 is 24.9 Å². The molecule has 3 aliphatic rings. The van der Waals surface area contributed by atoms with E-state index in [1.165, 1.54) is 13.5 Å². The normalized spacial score (nSPS) is 19.1. The minimum Gasteiger partial charge on any atom is -0.465 e. The first-order valence-electron chi connectivity index (χ1n) is 21.7. The number of aromatic amines is 2. The molecule has 4 aromatic carbocycles. The van der Waals surface area contributed by atoms with Crippen LogP contribution in [-0.4, -0.2) is 95.8 Å². The Kier molecular flexibility index (Phi) is 11.9. The Hall–Kier alpha value is -6.24. The molecule has 4 atom stereocenters. The molecule has 0 aliphatic carbocycles. The molecule has 13 heteroatoms. The number of aromatic nitrogens is 4. The minimum atomic E-state index is -1.22. The van der Waals surface area contributed by atoms with Gasteiger partial charge in [-0.2, -0.15) is 0 Å². The molecule has 9 rings (SSSR count). The number of piperidine rings is 1. The first-order chi connectivity index (χ1) is 30.2. The van der Waals surface area contributed by atoms with Crippen molar-refractivity contribution in [2.24, 2.45) is 0 Å². The lowest BCUT2D eigenvalue weighted by molar-refractivity contribution is -0.139. The second kappa shape index (κ2) is 18.0. The van der Waals surface area contributed by atoms with Gasteiger partial charge >= 0.3 is 6.09 Å². The summed E-state index contributed by atoms with van der Waals surface area (Å²) < 4.78 is 0. The number of nitrogens with zero attached hydrogens (tertiary/aromatic N) is 6. The third kappa shape index (κ3) is 8.24. The van der Waals surface area contributed by atoms with Gasteiger partial charge in [0.25, 0.3) is 5.91 Å². The van der Waals surface area contributed by atoms with E-state index in [-0.39, 0.29) is 29.9 Å². The van der Waals surface area contributed by atoms with Crippen molar-refractivity contribution in [2.75, 3.05) is 33.2 Å². The molecule has 0 spiro atoms. The first kappa shape index (κ1) is 41.1. The van der Waals surface area contributed by atoms with Gasteiger partial charge in [0.15, 0.2) is 0 Å². The molecule has 6 aromatic rings. The van der Waals surface area contributed by atoms with E-state index in [4.69, 9.17) is 21.6 Å². The van der Waals surface area contributed by atoms with Crippen LogP contribution in [0.15, 0.2) is 116 Å². The quantitative estimate of drug-likeness (QED) is 0.118. The van der Waals surface area contributed by atoms with Crippen LogP contribution in [0.2, 0.25) is 5.02 Å². The number of halogens is 1. The Balaban J connectivity index is 0.867. The molecule has 0 bridgehead atoms. The van der Waals surface area contributed by atoms with Crippen LogP contribution >= 0.6 is 11.6 Å². The fourth-order valence-corrected chi connectivity index (χ4v) is 9.81. The molecule has 0 saturated carbocycles. The molecule has 3 saturated heterocycles. The molecule has 5 heterocycles. The van der Waals surface area contributed by atoms with Gasteiger partial charge in [-0.05, 0) is 85.5 Å². The number of hydrogen-bond acceptors (Lipinski definition) is 6. The number of hydrogen-bond donors (Lipinski definition) is 3. The number of amides is 3. The Morgan fingerprint density at radius 2 is 1.15 bits per heavy atom. The van der Waals surface area contributed by atoms with E-state index in [0.717, 1.165) is 102 Å². The predicted molar refractivity (Wildman–Crippen MR) is 239 cm³/mol. The standard InChI is InChI=1S/C49H51ClN8O4/c1-55(49(61)62)44(37-14-6-7-15-38(37)50)48(60)58-29-11-17-42(58)46-52-31-40(54-46)35-24-20-33(21-25-35)32-18-22-34(23-19-32)39-30-51-45(53-39)41-16-10-28-57(41)47(59)43(36-12-4-2-5-13-36)56-26-8-3-9-27-56/h2,4-7,12-15,18-25,30-31,41-44H,3,8-11,16-17,26-29H2,1H3,(H,51,53)(H,52,54)(H,61,62)/t41-,42-,43+,44+/m0/s1. The van der Waals surface area contributed by atoms with Crippen molar-refractivity contribution in [2.45, 2.75) is 69.1 Å². The van der Waals surface area contributed by atoms with Crippen molar-refractivity contribution in [3.8, 4) is 33.6 Å². The fraction of sp³-hybridized carbons (Fsp3) is 0.327. The zero-order valence-corrected chi connectivity index (χ0v) is 35.5. The Bertz CT molecular complexity index is 2520. The van der Waals surface area contributed by atoms with Crippen molar-refractivity contribution >= 4 is 29.5 Å². The van der Waals surface area contributed by atoms with Crippen LogP contribution in [0.5, 0.6) is 0 Å². The molecular formula is C49H51ClN8O4. The van der Waals surface area contributed by atoms with Crippen LogP contribution in [0.1, 0.15) is 91.9 Å². The molecule has 3 aliphatic heterocycles. The Labute approximate surface area is 366 Å². The molecule has 0 unspecified atom stereocenters. The van der Waals surface area contributed by atoms with E-state index in [0.29, 0.717) is 29.4 Å². The molecule has 62 heavy (non-hydrogen) atoms. The maximum absolute atomic E-state index is 14.4. The van der Waals surface area contributed by atoms with Gasteiger partial charge in [-0.1, -0.05) is 115 Å². The van der Waals surface area contributed by atoms with Crippen LogP contribution in [0.25, 0.3) is 33.6 Å². The average molecular weight is 851 g/mol. The smallest absolute Gasteiger partial charge is 0.407 e. The van der Waals surface area contributed by atoms with E-state index < -0.39 is 12.1 Å². The highest BCUT2D eigenvalue weighted by Crippen LogP contribution is 2.39. The number of benzene rings is 4. The largest absolute Gasteiger partial charge is 0.465 e. The maximum Gasteiger partial charge on any atom is 0.407 e. The fourth-order valence-electron chi connectivity index (χ4n) is 9.57. The van der Waals surface area contributed by atoms with Crippen LogP contribution in [0.4, 0.5) is 4.79 Å². The summed E-state index contributed by atoms with van der Waals surface area (Å²) in [6, 6.07) is 32.0. The number of carboxylic acid groups (broad SMARTS) is 1. The third-order valence-electron chi connectivity index (χ3n) is 12.8. The molecule has 0 radical (unpaired) electrons. The van der Waals surface area contributed by atoms with Gasteiger partial charge in [0.05, 0.1) is 35.9 Å². The number of H-pyrrole nitrogens is 2. The zero-order valence-electron chi connectivity index (χ0n) is 34.8. The summed E-state index contributed by atoms with van der Waals surface area (Å²) in [5, 5.41) is 10.2. The van der Waals surface area contributed by atoms with Gasteiger partial charge in [0.2, 0.25) is 5.91 Å². The first-order valence-corrected chi connectivity index (χ1v) is 22.0. The van der Waals surface area contributed by atoms with Gasteiger partial charge in [-0.3, -0.25) is 19.4 Å². The van der Waals surface area contributed by atoms with E-state index in [9.17, 15) is 19.5 Å². The minimum absolute atomic E-state index is 0.0898. The van der Waals surface area contributed by atoms with Gasteiger partial charge in [0.1, 0.15) is 23.7 Å². The molecule has 318 valence electrons. The van der Waals surface area contributed by atoms with Gasteiger partial charge in [-0.15, -0.1) is 0 Å². The molecule has 3 fully saturated rings. The predicted octanol–water partition coefficient (Wildman–Crippen LogP) is 9.69. The summed E-state index contributed by atoms with van der Waals surface area (Å²) in [6.45, 7) is 3.09. The number of carbonyl (C=O) groups excluding carboxylic acids is 2. The molecule has 2 aromatic heterocycles. The lowest BCUT2D eigenvalue weighted by Gasteiger charge is -2.37. The average Bonchev–Trinajstić information content (AvgIpc) is 4.16. The van der Waals surface area contributed by atoms with Crippen molar-refractivity contribution in [3.63, 3.8) is 0 Å². The van der Waals surface area contributed by atoms with E-state index >= 15 is 0 Å². The summed E-state index contributed by atoms with van der Waals surface area (Å²) >= 11 is 6.47. The number of carbonyl (C=O) groups is 3. The van der Waals surface area contributed by atoms with Crippen LogP contribution in [0.3, 0.4) is 0 Å². The van der Waals surface area contributed by atoms with E-state index in [1.807, 2.05) is 24.4 Å². The monoisotopic (exact) mass is 850 g/mol. The highest BCUT2D eigenvalue weighted by atomic mass is 35.5. The van der Waals surface area contributed by atoms with Crippen molar-refractivity contribution < 1.29 is 19.5 Å². The molecule has 3 N–H and O–H groups in total. The highest BCUT2D eigenvalue weighted by molar-refractivity contribution is 6.31. The summed E-state index contributed by atoms with van der Waals surface area (Å²) in [4.78, 5) is 64.2. The third-order valence-corrected chi connectivity index (χ3v) is 13.2. The van der Waals surface area contributed by atoms with Crippen molar-refractivity contribution in [3.05, 3.63) is 143 Å². The lowest BCUT2D eigenvalue weighted by atomic mass is 10.00. The van der Waals surface area contributed by atoms with Gasteiger partial charge in [-0.25, -0.2) is 14.8 Å². The molecule has 12 nitrogen and oxygen atoms in total. The maximum atomic E-state index is 14.4. The van der Waals surface area contributed by atoms with Gasteiger partial charge in [0, 0.05) is 30.7 Å². The zero-order chi connectivity index (χ0) is 42.7. The van der Waals surface area contributed by atoms with Crippen LogP contribution < -0.4 is 0 Å². The molecule has 3 amide bonds. The van der Waals surface area contributed by atoms with Crippen LogP contribution in [-0.2, 0) is 9.59 Å². The van der Waals surface area contributed by atoms with Crippen LogP contribution in [0, 0.1) is 0 Å². The number of rotatable bonds is 11. The summed E-state index contributed by atoms with van der Waals surface area (Å²) in [5.41, 5.74) is 7.36. The highest BCUT2D eigenvalue weighted by Gasteiger charge is 2.41. The number of nitrogens with one attached hydrogen (secondary N) is 2. The second-order valence-corrected chi connectivity index (χ2v) is 17.0. The van der Waals surface area contributed by atoms with Crippen molar-refractivity contribution in [1.29, 1.82) is 0 Å². The number of likely N-dealkylation sites (tertiary alicyclic amines) is 3. The second-order valence-electron chi connectivity index (χ2n) is 16.6. The van der Waals surface area contributed by atoms with E-state index in [2.05, 4.69) is 80.4 Å². The summed E-state index contributed by atoms with van der Waals surface area (Å²) in [5.74, 6) is 1.32.